The largest absolute Gasteiger partial charge is 0.496 e. The van der Waals surface area contributed by atoms with Crippen LogP contribution >= 0.6 is 0 Å². The molecule has 6 heteroatoms. The van der Waals surface area contributed by atoms with Crippen molar-refractivity contribution in [2.24, 2.45) is 5.92 Å². The number of hydrogen-bond acceptors (Lipinski definition) is 5. The van der Waals surface area contributed by atoms with Gasteiger partial charge in [-0.2, -0.15) is 8.42 Å². The van der Waals surface area contributed by atoms with Gasteiger partial charge in [-0.3, -0.25) is 8.98 Å². The van der Waals surface area contributed by atoms with E-state index < -0.39 is 16.0 Å². The van der Waals surface area contributed by atoms with Gasteiger partial charge in [0.1, 0.15) is 17.3 Å². The molecule has 2 aromatic rings. The number of rotatable bonds is 9. The van der Waals surface area contributed by atoms with Crippen molar-refractivity contribution in [3.05, 3.63) is 65.2 Å². The molecule has 28 heavy (non-hydrogen) atoms. The van der Waals surface area contributed by atoms with E-state index in [-0.39, 0.29) is 24.1 Å². The summed E-state index contributed by atoms with van der Waals surface area (Å²) in [6.45, 7) is 1.78. The predicted octanol–water partition coefficient (Wildman–Crippen LogP) is 3.87. The summed E-state index contributed by atoms with van der Waals surface area (Å²) in [5.41, 5.74) is 2.74. The summed E-state index contributed by atoms with van der Waals surface area (Å²) in [6, 6.07) is 14.7. The minimum atomic E-state index is -3.74. The molecule has 0 fully saturated rings. The van der Waals surface area contributed by atoms with Crippen LogP contribution in [0.3, 0.4) is 0 Å². The third-order valence-electron chi connectivity index (χ3n) is 5.32. The Morgan fingerprint density at radius 2 is 1.89 bits per heavy atom. The number of hydrogen-bond donors (Lipinski definition) is 0. The van der Waals surface area contributed by atoms with Gasteiger partial charge >= 0.3 is 0 Å². The van der Waals surface area contributed by atoms with Crippen molar-refractivity contribution in [2.45, 2.75) is 37.9 Å². The number of ketones is 1. The first-order valence-corrected chi connectivity index (χ1v) is 11.1. The molecule has 0 N–H and O–H groups in total. The molecule has 1 aliphatic carbocycles. The van der Waals surface area contributed by atoms with Gasteiger partial charge in [0, 0.05) is 11.8 Å². The Bertz CT molecular complexity index is 921. The van der Waals surface area contributed by atoms with Gasteiger partial charge < -0.3 is 4.74 Å². The summed E-state index contributed by atoms with van der Waals surface area (Å²) in [5.74, 6) is -0.0165. The summed E-state index contributed by atoms with van der Waals surface area (Å²) >= 11 is 0. The van der Waals surface area contributed by atoms with Gasteiger partial charge in [0.05, 0.1) is 13.7 Å². The zero-order chi connectivity index (χ0) is 20.1. The Hall–Kier alpha value is -2.18. The fourth-order valence-electron chi connectivity index (χ4n) is 3.80. The fourth-order valence-corrected chi connectivity index (χ4v) is 4.85. The standard InChI is InChI=1S/C22H26O5S/c1-3-17(14-27-28(24,25)15-16-8-5-4-6-9-16)22(23)20-13-12-19-18(20)10-7-11-21(19)26-2/h4-11,17,20H,3,12-15H2,1-2H3. The zero-order valence-electron chi connectivity index (χ0n) is 16.3. The minimum absolute atomic E-state index is 0.0458. The van der Waals surface area contributed by atoms with Crippen LogP contribution in [-0.2, 0) is 31.3 Å². The van der Waals surface area contributed by atoms with Crippen molar-refractivity contribution in [3.8, 4) is 5.75 Å². The molecule has 1 aliphatic rings. The molecule has 0 radical (unpaired) electrons. The second-order valence-corrected chi connectivity index (χ2v) is 8.74. The number of fused-ring (bicyclic) bond motifs is 1. The highest BCUT2D eigenvalue weighted by Crippen LogP contribution is 2.40. The Balaban J connectivity index is 1.67. The lowest BCUT2D eigenvalue weighted by atomic mass is 9.87. The van der Waals surface area contributed by atoms with E-state index in [1.54, 1.807) is 31.4 Å². The number of carbonyl (C=O) groups excluding carboxylic acids is 1. The summed E-state index contributed by atoms with van der Waals surface area (Å²) in [5, 5.41) is 0. The first-order valence-electron chi connectivity index (χ1n) is 9.55. The maximum Gasteiger partial charge on any atom is 0.271 e. The van der Waals surface area contributed by atoms with Crippen molar-refractivity contribution < 1.29 is 22.1 Å². The second kappa shape index (κ2) is 8.88. The van der Waals surface area contributed by atoms with Gasteiger partial charge in [0.25, 0.3) is 10.1 Å². The highest BCUT2D eigenvalue weighted by Gasteiger charge is 2.34. The number of Topliss-reactive ketones (excluding diaryl/α,β-unsaturated/α-hetero) is 1. The molecular weight excluding hydrogens is 376 g/mol. The smallest absolute Gasteiger partial charge is 0.271 e. The van der Waals surface area contributed by atoms with Crippen LogP contribution in [0.4, 0.5) is 0 Å². The molecule has 150 valence electrons. The molecule has 2 unspecified atom stereocenters. The van der Waals surface area contributed by atoms with Crippen LogP contribution in [0.1, 0.15) is 42.4 Å². The average Bonchev–Trinajstić information content (AvgIpc) is 3.12. The molecule has 5 nitrogen and oxygen atoms in total. The molecule has 3 rings (SSSR count). The number of ether oxygens (including phenoxy) is 1. The minimum Gasteiger partial charge on any atom is -0.496 e. The molecular formula is C22H26O5S. The zero-order valence-corrected chi connectivity index (χ0v) is 17.1. The average molecular weight is 403 g/mol. The van der Waals surface area contributed by atoms with E-state index in [4.69, 9.17) is 8.92 Å². The van der Waals surface area contributed by atoms with Gasteiger partial charge in [-0.05, 0) is 42.0 Å². The normalized spacial score (nSPS) is 17.1. The molecule has 2 atom stereocenters. The molecule has 0 bridgehead atoms. The van der Waals surface area contributed by atoms with E-state index in [9.17, 15) is 13.2 Å². The first-order chi connectivity index (χ1) is 13.4. The lowest BCUT2D eigenvalue weighted by Gasteiger charge is -2.19. The van der Waals surface area contributed by atoms with Crippen LogP contribution < -0.4 is 4.74 Å². The van der Waals surface area contributed by atoms with E-state index in [0.717, 1.165) is 29.7 Å². The quantitative estimate of drug-likeness (QED) is 0.596. The fraction of sp³-hybridized carbons (Fsp3) is 0.409. The van der Waals surface area contributed by atoms with Crippen molar-refractivity contribution in [2.75, 3.05) is 13.7 Å². The molecule has 0 amide bonds. The van der Waals surface area contributed by atoms with Gasteiger partial charge in [-0.25, -0.2) is 0 Å². The van der Waals surface area contributed by atoms with E-state index in [1.165, 1.54) is 0 Å². The Kier molecular flexibility index (Phi) is 6.52. The van der Waals surface area contributed by atoms with Crippen molar-refractivity contribution in [3.63, 3.8) is 0 Å². The van der Waals surface area contributed by atoms with E-state index in [2.05, 4.69) is 0 Å². The number of carbonyl (C=O) groups is 1. The predicted molar refractivity (Wildman–Crippen MR) is 108 cm³/mol. The summed E-state index contributed by atoms with van der Waals surface area (Å²) in [4.78, 5) is 13.1. The molecule has 0 saturated carbocycles. The highest BCUT2D eigenvalue weighted by molar-refractivity contribution is 7.85. The number of methoxy groups -OCH3 is 1. The van der Waals surface area contributed by atoms with Gasteiger partial charge in [-0.15, -0.1) is 0 Å². The van der Waals surface area contributed by atoms with Crippen molar-refractivity contribution in [1.82, 2.24) is 0 Å². The van der Waals surface area contributed by atoms with Crippen molar-refractivity contribution in [1.29, 1.82) is 0 Å². The molecule has 2 aromatic carbocycles. The third kappa shape index (κ3) is 4.62. The van der Waals surface area contributed by atoms with Crippen LogP contribution in [0.5, 0.6) is 5.75 Å². The van der Waals surface area contributed by atoms with Crippen LogP contribution in [0, 0.1) is 5.92 Å². The van der Waals surface area contributed by atoms with E-state index in [0.29, 0.717) is 12.0 Å². The summed E-state index contributed by atoms with van der Waals surface area (Å²) < 4.78 is 35.2. The molecule has 0 saturated heterocycles. The maximum atomic E-state index is 13.1. The van der Waals surface area contributed by atoms with Crippen molar-refractivity contribution >= 4 is 15.9 Å². The Morgan fingerprint density at radius 1 is 1.14 bits per heavy atom. The molecule has 0 spiro atoms. The topological polar surface area (TPSA) is 69.7 Å². The monoisotopic (exact) mass is 402 g/mol. The van der Waals surface area contributed by atoms with Crippen LogP contribution in [0.2, 0.25) is 0 Å². The molecule has 0 heterocycles. The number of benzene rings is 2. The third-order valence-corrected chi connectivity index (χ3v) is 6.50. The SMILES string of the molecule is CCC(COS(=O)(=O)Cc1ccccc1)C(=O)C1CCc2c(OC)cccc21. The van der Waals surface area contributed by atoms with Crippen LogP contribution in [0.15, 0.2) is 48.5 Å². The molecule has 0 aliphatic heterocycles. The lowest BCUT2D eigenvalue weighted by Crippen LogP contribution is -2.26. The van der Waals surface area contributed by atoms with Gasteiger partial charge in [0.15, 0.2) is 0 Å². The van der Waals surface area contributed by atoms with E-state index >= 15 is 0 Å². The summed E-state index contributed by atoms with van der Waals surface area (Å²) in [7, 11) is -2.11. The van der Waals surface area contributed by atoms with E-state index in [1.807, 2.05) is 31.2 Å². The highest BCUT2D eigenvalue weighted by atomic mass is 32.2. The first kappa shape index (κ1) is 20.6. The maximum absolute atomic E-state index is 13.1. The Morgan fingerprint density at radius 3 is 2.57 bits per heavy atom. The summed E-state index contributed by atoms with van der Waals surface area (Å²) in [6.07, 6.45) is 2.05. The van der Waals surface area contributed by atoms with Gasteiger partial charge in [0.2, 0.25) is 0 Å². The Labute approximate surface area is 166 Å². The van der Waals surface area contributed by atoms with Crippen LogP contribution in [-0.4, -0.2) is 27.9 Å². The second-order valence-electron chi connectivity index (χ2n) is 7.10. The lowest BCUT2D eigenvalue weighted by molar-refractivity contribution is -0.125. The van der Waals surface area contributed by atoms with Crippen LogP contribution in [0.25, 0.3) is 0 Å². The van der Waals surface area contributed by atoms with Gasteiger partial charge in [-0.1, -0.05) is 49.4 Å². The molecule has 0 aromatic heterocycles.